The van der Waals surface area contributed by atoms with Crippen molar-refractivity contribution in [3.63, 3.8) is 0 Å². The summed E-state index contributed by atoms with van der Waals surface area (Å²) in [6.45, 7) is 4.82. The Labute approximate surface area is 100 Å². The summed E-state index contributed by atoms with van der Waals surface area (Å²) < 4.78 is 5.38. The van der Waals surface area contributed by atoms with E-state index in [4.69, 9.17) is 4.74 Å². The van der Waals surface area contributed by atoms with E-state index in [-0.39, 0.29) is 0 Å². The zero-order valence-corrected chi connectivity index (χ0v) is 10.2. The molecule has 17 heavy (non-hydrogen) atoms. The number of nitrogens with one attached hydrogen (secondary N) is 1. The van der Waals surface area contributed by atoms with E-state index in [9.17, 15) is 0 Å². The highest BCUT2D eigenvalue weighted by molar-refractivity contribution is 5.71. The zero-order valence-electron chi connectivity index (χ0n) is 10.2. The summed E-state index contributed by atoms with van der Waals surface area (Å²) in [5.74, 6) is 3.03. The monoisotopic (exact) mass is 231 g/mol. The summed E-state index contributed by atoms with van der Waals surface area (Å²) in [6, 6.07) is 3.87. The van der Waals surface area contributed by atoms with E-state index in [0.29, 0.717) is 18.4 Å². The maximum atomic E-state index is 5.38. The van der Waals surface area contributed by atoms with Gasteiger partial charge < -0.3 is 9.72 Å². The number of H-pyrrole nitrogens is 1. The van der Waals surface area contributed by atoms with Crippen LogP contribution in [-0.2, 0) is 0 Å². The smallest absolute Gasteiger partial charge is 0.215 e. The minimum absolute atomic E-state index is 0.514. The summed E-state index contributed by atoms with van der Waals surface area (Å²) in [7, 11) is 0. The van der Waals surface area contributed by atoms with E-state index in [2.05, 4.69) is 21.9 Å². The second kappa shape index (κ2) is 4.02. The Morgan fingerprint density at radius 2 is 2.24 bits per heavy atom. The van der Waals surface area contributed by atoms with Gasteiger partial charge in [0.05, 0.1) is 12.1 Å². The molecule has 90 valence electrons. The van der Waals surface area contributed by atoms with Crippen molar-refractivity contribution in [3.8, 4) is 5.88 Å². The molecule has 3 rings (SSSR count). The summed E-state index contributed by atoms with van der Waals surface area (Å²) in [5, 5.41) is 0. The lowest BCUT2D eigenvalue weighted by Gasteiger charge is -2.03. The van der Waals surface area contributed by atoms with Crippen molar-refractivity contribution < 1.29 is 4.74 Å². The van der Waals surface area contributed by atoms with Gasteiger partial charge in [0.15, 0.2) is 5.65 Å². The molecular weight excluding hydrogens is 214 g/mol. The van der Waals surface area contributed by atoms with E-state index < -0.39 is 0 Å². The molecule has 2 aromatic rings. The summed E-state index contributed by atoms with van der Waals surface area (Å²) in [6.07, 6.45) is 2.66. The predicted molar refractivity (Wildman–Crippen MR) is 66.2 cm³/mol. The van der Waals surface area contributed by atoms with E-state index >= 15 is 0 Å². The number of fused-ring (bicyclic) bond motifs is 1. The normalized spacial score (nSPS) is 17.3. The summed E-state index contributed by atoms with van der Waals surface area (Å²) in [5.41, 5.74) is 1.76. The van der Waals surface area contributed by atoms with E-state index in [1.54, 1.807) is 0 Å². The van der Waals surface area contributed by atoms with Gasteiger partial charge in [-0.25, -0.2) is 4.98 Å². The second-order valence-electron chi connectivity index (χ2n) is 4.70. The van der Waals surface area contributed by atoms with Gasteiger partial charge >= 0.3 is 0 Å². The van der Waals surface area contributed by atoms with Crippen LogP contribution in [0.3, 0.4) is 0 Å². The predicted octanol–water partition coefficient (Wildman–Crippen LogP) is 2.87. The Morgan fingerprint density at radius 3 is 2.94 bits per heavy atom. The van der Waals surface area contributed by atoms with Gasteiger partial charge in [0.2, 0.25) is 5.88 Å². The Morgan fingerprint density at radius 1 is 1.41 bits per heavy atom. The number of hydrogen-bond acceptors (Lipinski definition) is 3. The lowest BCUT2D eigenvalue weighted by molar-refractivity contribution is 0.328. The van der Waals surface area contributed by atoms with Crippen LogP contribution >= 0.6 is 0 Å². The highest BCUT2D eigenvalue weighted by Crippen LogP contribution is 2.41. The fourth-order valence-corrected chi connectivity index (χ4v) is 2.16. The van der Waals surface area contributed by atoms with Crippen molar-refractivity contribution in [2.24, 2.45) is 5.92 Å². The molecule has 0 aliphatic heterocycles. The number of aromatic nitrogens is 3. The quantitative estimate of drug-likeness (QED) is 0.880. The number of aromatic amines is 1. The Balaban J connectivity index is 1.94. The SMILES string of the molecule is CCOc1ccc2[nH]c(C(C)C3CC3)nc2n1. The van der Waals surface area contributed by atoms with Crippen LogP contribution in [0.1, 0.15) is 38.4 Å². The van der Waals surface area contributed by atoms with Crippen molar-refractivity contribution in [2.45, 2.75) is 32.6 Å². The molecule has 2 aromatic heterocycles. The topological polar surface area (TPSA) is 50.8 Å². The van der Waals surface area contributed by atoms with Crippen molar-refractivity contribution >= 4 is 11.2 Å². The van der Waals surface area contributed by atoms with Crippen LogP contribution in [0.25, 0.3) is 11.2 Å². The first kappa shape index (κ1) is 10.6. The van der Waals surface area contributed by atoms with E-state index in [1.165, 1.54) is 12.8 Å². The zero-order chi connectivity index (χ0) is 11.8. The average molecular weight is 231 g/mol. The maximum Gasteiger partial charge on any atom is 0.215 e. The number of imidazole rings is 1. The molecule has 1 atom stereocenters. The Hall–Kier alpha value is -1.58. The largest absolute Gasteiger partial charge is 0.478 e. The van der Waals surface area contributed by atoms with Crippen LogP contribution in [0.15, 0.2) is 12.1 Å². The first-order valence-corrected chi connectivity index (χ1v) is 6.27. The van der Waals surface area contributed by atoms with Crippen molar-refractivity contribution in [3.05, 3.63) is 18.0 Å². The summed E-state index contributed by atoms with van der Waals surface area (Å²) in [4.78, 5) is 12.3. The lowest BCUT2D eigenvalue weighted by Crippen LogP contribution is -1.97. The fraction of sp³-hybridized carbons (Fsp3) is 0.538. The van der Waals surface area contributed by atoms with Crippen molar-refractivity contribution in [1.82, 2.24) is 15.0 Å². The molecule has 4 nitrogen and oxygen atoms in total. The van der Waals surface area contributed by atoms with Gasteiger partial charge in [-0.2, -0.15) is 4.98 Å². The minimum Gasteiger partial charge on any atom is -0.478 e. The van der Waals surface area contributed by atoms with Gasteiger partial charge in [0.1, 0.15) is 5.82 Å². The Bertz CT molecular complexity index is 530. The molecule has 1 saturated carbocycles. The van der Waals surface area contributed by atoms with Gasteiger partial charge in [0, 0.05) is 12.0 Å². The summed E-state index contributed by atoms with van der Waals surface area (Å²) >= 11 is 0. The number of ether oxygens (including phenoxy) is 1. The maximum absolute atomic E-state index is 5.38. The van der Waals surface area contributed by atoms with Gasteiger partial charge in [0.25, 0.3) is 0 Å². The molecule has 1 N–H and O–H groups in total. The fourth-order valence-electron chi connectivity index (χ4n) is 2.16. The van der Waals surface area contributed by atoms with Gasteiger partial charge in [-0.05, 0) is 31.7 Å². The molecule has 2 heterocycles. The molecule has 4 heteroatoms. The van der Waals surface area contributed by atoms with Crippen molar-refractivity contribution in [1.29, 1.82) is 0 Å². The van der Waals surface area contributed by atoms with Crippen LogP contribution in [0.5, 0.6) is 5.88 Å². The van der Waals surface area contributed by atoms with E-state index in [0.717, 1.165) is 22.9 Å². The molecular formula is C13H17N3O. The third-order valence-corrected chi connectivity index (χ3v) is 3.39. The molecule has 1 unspecified atom stereocenters. The number of nitrogens with zero attached hydrogens (tertiary/aromatic N) is 2. The molecule has 0 radical (unpaired) electrons. The average Bonchev–Trinajstić information content (AvgIpc) is 3.08. The van der Waals surface area contributed by atoms with Crippen molar-refractivity contribution in [2.75, 3.05) is 6.61 Å². The number of rotatable bonds is 4. The van der Waals surface area contributed by atoms with E-state index in [1.807, 2.05) is 19.1 Å². The standard InChI is InChI=1S/C13H17N3O/c1-3-17-11-7-6-10-13(15-11)16-12(14-10)8(2)9-4-5-9/h6-9H,3-5H2,1-2H3,(H,14,15,16). The van der Waals surface area contributed by atoms with Crippen LogP contribution < -0.4 is 4.74 Å². The Kier molecular flexibility index (Phi) is 2.50. The molecule has 0 bridgehead atoms. The van der Waals surface area contributed by atoms with Gasteiger partial charge in [-0.3, -0.25) is 0 Å². The van der Waals surface area contributed by atoms with Crippen LogP contribution in [-0.4, -0.2) is 21.6 Å². The van der Waals surface area contributed by atoms with Crippen LogP contribution in [0.2, 0.25) is 0 Å². The number of pyridine rings is 1. The lowest BCUT2D eigenvalue weighted by atomic mass is 10.1. The molecule has 1 aliphatic carbocycles. The molecule has 0 aromatic carbocycles. The highest BCUT2D eigenvalue weighted by Gasteiger charge is 2.30. The second-order valence-corrected chi connectivity index (χ2v) is 4.70. The first-order chi connectivity index (χ1) is 8.28. The minimum atomic E-state index is 0.514. The van der Waals surface area contributed by atoms with Gasteiger partial charge in [-0.15, -0.1) is 0 Å². The first-order valence-electron chi connectivity index (χ1n) is 6.27. The van der Waals surface area contributed by atoms with Crippen LogP contribution in [0.4, 0.5) is 0 Å². The van der Waals surface area contributed by atoms with Gasteiger partial charge in [-0.1, -0.05) is 6.92 Å². The third-order valence-electron chi connectivity index (χ3n) is 3.39. The molecule has 1 aliphatic rings. The molecule has 0 amide bonds. The van der Waals surface area contributed by atoms with Crippen LogP contribution in [0, 0.1) is 5.92 Å². The molecule has 0 saturated heterocycles. The molecule has 1 fully saturated rings. The molecule has 0 spiro atoms. The highest BCUT2D eigenvalue weighted by atomic mass is 16.5. The number of hydrogen-bond donors (Lipinski definition) is 1. The third kappa shape index (κ3) is 1.99.